The predicted octanol–water partition coefficient (Wildman–Crippen LogP) is 2.02. The second-order valence-electron chi connectivity index (χ2n) is 4.97. The van der Waals surface area contributed by atoms with Gasteiger partial charge >= 0.3 is 0 Å². The van der Waals surface area contributed by atoms with Crippen LogP contribution in [0.3, 0.4) is 0 Å². The van der Waals surface area contributed by atoms with Crippen molar-refractivity contribution >= 4 is 12.4 Å². The van der Waals surface area contributed by atoms with Crippen LogP contribution in [0.15, 0.2) is 4.52 Å². The number of hydrogen-bond donors (Lipinski definition) is 1. The van der Waals surface area contributed by atoms with Gasteiger partial charge in [-0.25, -0.2) is 0 Å². The molecule has 0 amide bonds. The van der Waals surface area contributed by atoms with Crippen LogP contribution >= 0.6 is 12.4 Å². The van der Waals surface area contributed by atoms with Gasteiger partial charge in [-0.2, -0.15) is 4.98 Å². The Morgan fingerprint density at radius 3 is 2.84 bits per heavy atom. The maximum atomic E-state index is 5.33. The molecule has 2 heterocycles. The number of hydrogen-bond acceptors (Lipinski definition) is 5. The first-order valence-corrected chi connectivity index (χ1v) is 7.09. The van der Waals surface area contributed by atoms with Crippen LogP contribution in [0.2, 0.25) is 0 Å². The molecule has 1 aliphatic heterocycles. The third-order valence-corrected chi connectivity index (χ3v) is 3.38. The topological polar surface area (TPSA) is 54.2 Å². The second-order valence-corrected chi connectivity index (χ2v) is 4.97. The molecule has 1 atom stereocenters. The van der Waals surface area contributed by atoms with Crippen molar-refractivity contribution in [3.8, 4) is 0 Å². The Hall–Kier alpha value is -0.650. The van der Waals surface area contributed by atoms with Gasteiger partial charge in [0.25, 0.3) is 0 Å². The smallest absolute Gasteiger partial charge is 0.240 e. The highest BCUT2D eigenvalue weighted by Crippen LogP contribution is 2.13. The summed E-state index contributed by atoms with van der Waals surface area (Å²) >= 11 is 0. The molecule has 0 bridgehead atoms. The highest BCUT2D eigenvalue weighted by Gasteiger charge is 2.23. The van der Waals surface area contributed by atoms with Gasteiger partial charge in [0.1, 0.15) is 0 Å². The standard InChI is InChI=1S/C13H24N4O.ClH/c1-3-5-12-15-13(18-16-12)10-17(8-4-2)11-6-7-14-9-11;/h11,14H,3-10H2,1-2H3;1H. The molecule has 0 radical (unpaired) electrons. The fourth-order valence-corrected chi connectivity index (χ4v) is 2.48. The minimum Gasteiger partial charge on any atom is -0.338 e. The third kappa shape index (κ3) is 4.75. The van der Waals surface area contributed by atoms with Gasteiger partial charge in [0, 0.05) is 19.0 Å². The lowest BCUT2D eigenvalue weighted by molar-refractivity contribution is 0.174. The number of aryl methyl sites for hydroxylation is 1. The minimum atomic E-state index is 0. The normalized spacial score (nSPS) is 18.8. The first-order valence-electron chi connectivity index (χ1n) is 7.09. The van der Waals surface area contributed by atoms with E-state index >= 15 is 0 Å². The van der Waals surface area contributed by atoms with Gasteiger partial charge in [-0.1, -0.05) is 19.0 Å². The average Bonchev–Trinajstić information content (AvgIpc) is 3.00. The molecule has 5 nitrogen and oxygen atoms in total. The van der Waals surface area contributed by atoms with Crippen LogP contribution in [0.5, 0.6) is 0 Å². The van der Waals surface area contributed by atoms with E-state index in [2.05, 4.69) is 34.2 Å². The first kappa shape index (κ1) is 16.4. The monoisotopic (exact) mass is 288 g/mol. The molecule has 1 aromatic rings. The van der Waals surface area contributed by atoms with Crippen LogP contribution < -0.4 is 5.32 Å². The van der Waals surface area contributed by atoms with E-state index in [1.165, 1.54) is 6.42 Å². The molecule has 1 aromatic heterocycles. The van der Waals surface area contributed by atoms with Crippen molar-refractivity contribution in [1.82, 2.24) is 20.4 Å². The summed E-state index contributed by atoms with van der Waals surface area (Å²) in [5, 5.41) is 7.43. The predicted molar refractivity (Wildman–Crippen MR) is 77.5 cm³/mol. The van der Waals surface area contributed by atoms with Crippen molar-refractivity contribution in [2.75, 3.05) is 19.6 Å². The van der Waals surface area contributed by atoms with Gasteiger partial charge in [-0.05, 0) is 32.4 Å². The molecule has 110 valence electrons. The highest BCUT2D eigenvalue weighted by atomic mass is 35.5. The molecule has 1 N–H and O–H groups in total. The molecule has 1 saturated heterocycles. The maximum Gasteiger partial charge on any atom is 0.240 e. The Morgan fingerprint density at radius 2 is 2.21 bits per heavy atom. The molecule has 0 aliphatic carbocycles. The summed E-state index contributed by atoms with van der Waals surface area (Å²) in [6.45, 7) is 8.43. The zero-order chi connectivity index (χ0) is 12.8. The molecule has 1 aliphatic rings. The average molecular weight is 289 g/mol. The molecule has 2 rings (SSSR count). The van der Waals surface area contributed by atoms with Crippen LogP contribution in [0.25, 0.3) is 0 Å². The highest BCUT2D eigenvalue weighted by molar-refractivity contribution is 5.85. The summed E-state index contributed by atoms with van der Waals surface area (Å²) in [4.78, 5) is 6.92. The third-order valence-electron chi connectivity index (χ3n) is 3.38. The van der Waals surface area contributed by atoms with E-state index in [0.717, 1.165) is 57.2 Å². The molecule has 0 spiro atoms. The number of halogens is 1. The van der Waals surface area contributed by atoms with Gasteiger partial charge < -0.3 is 9.84 Å². The van der Waals surface area contributed by atoms with Crippen molar-refractivity contribution in [2.45, 2.75) is 52.1 Å². The van der Waals surface area contributed by atoms with Gasteiger partial charge in [-0.15, -0.1) is 12.4 Å². The second kappa shape index (κ2) is 8.51. The van der Waals surface area contributed by atoms with E-state index in [-0.39, 0.29) is 12.4 Å². The van der Waals surface area contributed by atoms with Crippen LogP contribution in [0, 0.1) is 0 Å². The van der Waals surface area contributed by atoms with Crippen LogP contribution in [-0.4, -0.2) is 40.7 Å². The summed E-state index contributed by atoms with van der Waals surface area (Å²) in [5.74, 6) is 1.60. The number of nitrogens with one attached hydrogen (secondary N) is 1. The van der Waals surface area contributed by atoms with Gasteiger partial charge in [-0.3, -0.25) is 4.90 Å². The lowest BCUT2D eigenvalue weighted by atomic mass is 10.2. The van der Waals surface area contributed by atoms with E-state index in [9.17, 15) is 0 Å². The van der Waals surface area contributed by atoms with E-state index < -0.39 is 0 Å². The van der Waals surface area contributed by atoms with Crippen LogP contribution in [0.1, 0.15) is 44.8 Å². The van der Waals surface area contributed by atoms with Gasteiger partial charge in [0.05, 0.1) is 6.54 Å². The zero-order valence-corrected chi connectivity index (χ0v) is 12.7. The summed E-state index contributed by atoms with van der Waals surface area (Å²) in [7, 11) is 0. The Balaban J connectivity index is 0.00000180. The molecule has 0 aromatic carbocycles. The van der Waals surface area contributed by atoms with Crippen molar-refractivity contribution < 1.29 is 4.52 Å². The van der Waals surface area contributed by atoms with Crippen LogP contribution in [-0.2, 0) is 13.0 Å². The number of nitrogens with zero attached hydrogens (tertiary/aromatic N) is 3. The molecule has 1 fully saturated rings. The van der Waals surface area contributed by atoms with Gasteiger partial charge in [0.15, 0.2) is 5.82 Å². The Morgan fingerprint density at radius 1 is 1.37 bits per heavy atom. The fourth-order valence-electron chi connectivity index (χ4n) is 2.48. The quantitative estimate of drug-likeness (QED) is 0.832. The minimum absolute atomic E-state index is 0. The number of rotatable bonds is 7. The van der Waals surface area contributed by atoms with E-state index in [1.807, 2.05) is 0 Å². The first-order chi connectivity index (χ1) is 8.83. The molecule has 19 heavy (non-hydrogen) atoms. The van der Waals surface area contributed by atoms with Crippen molar-refractivity contribution in [3.05, 3.63) is 11.7 Å². The Kier molecular flexibility index (Phi) is 7.34. The largest absolute Gasteiger partial charge is 0.338 e. The molecular weight excluding hydrogens is 264 g/mol. The van der Waals surface area contributed by atoms with Crippen LogP contribution in [0.4, 0.5) is 0 Å². The lowest BCUT2D eigenvalue weighted by Gasteiger charge is -2.26. The van der Waals surface area contributed by atoms with E-state index in [4.69, 9.17) is 4.52 Å². The Labute approximate surface area is 121 Å². The van der Waals surface area contributed by atoms with Gasteiger partial charge in [0.2, 0.25) is 5.89 Å². The number of aromatic nitrogens is 2. The molecule has 0 saturated carbocycles. The molecule has 1 unspecified atom stereocenters. The lowest BCUT2D eigenvalue weighted by Crippen LogP contribution is -2.37. The van der Waals surface area contributed by atoms with E-state index in [1.54, 1.807) is 0 Å². The Bertz CT molecular complexity index is 352. The maximum absolute atomic E-state index is 5.33. The van der Waals surface area contributed by atoms with Crippen molar-refractivity contribution in [3.63, 3.8) is 0 Å². The molecule has 6 heteroatoms. The summed E-state index contributed by atoms with van der Waals surface area (Å²) in [5.41, 5.74) is 0. The molecular formula is C13H25ClN4O. The summed E-state index contributed by atoms with van der Waals surface area (Å²) < 4.78 is 5.33. The van der Waals surface area contributed by atoms with E-state index in [0.29, 0.717) is 6.04 Å². The van der Waals surface area contributed by atoms with Crippen molar-refractivity contribution in [1.29, 1.82) is 0 Å². The summed E-state index contributed by atoms with van der Waals surface area (Å²) in [6, 6.07) is 0.617. The zero-order valence-electron chi connectivity index (χ0n) is 11.9. The SMILES string of the molecule is CCCc1noc(CN(CCC)C2CCNC2)n1.Cl. The summed E-state index contributed by atoms with van der Waals surface area (Å²) in [6.07, 6.45) is 4.34. The van der Waals surface area contributed by atoms with Crippen molar-refractivity contribution in [2.24, 2.45) is 0 Å². The fraction of sp³-hybridized carbons (Fsp3) is 0.846.